The quantitative estimate of drug-likeness (QED) is 0.241. The molecule has 6 nitrogen and oxygen atoms in total. The van der Waals surface area contributed by atoms with Crippen LogP contribution in [0.4, 0.5) is 0 Å². The van der Waals surface area contributed by atoms with Crippen LogP contribution in [0.5, 0.6) is 11.5 Å². The molecule has 0 radical (unpaired) electrons. The minimum absolute atomic E-state index is 0.301. The molecule has 0 atom stereocenters. The van der Waals surface area contributed by atoms with Gasteiger partial charge in [0, 0.05) is 17.7 Å². The number of para-hydroxylation sites is 1. The smallest absolute Gasteiger partial charge is 0.343 e. The van der Waals surface area contributed by atoms with Crippen molar-refractivity contribution in [2.45, 2.75) is 39.2 Å². The third kappa shape index (κ3) is 7.72. The molecule has 0 aliphatic heterocycles. The summed E-state index contributed by atoms with van der Waals surface area (Å²) in [5, 5.41) is 0. The summed E-state index contributed by atoms with van der Waals surface area (Å²) in [4.78, 5) is 23.6. The van der Waals surface area contributed by atoms with Crippen molar-refractivity contribution in [2.75, 3.05) is 13.2 Å². The highest BCUT2D eigenvalue weighted by atomic mass is 16.5. The van der Waals surface area contributed by atoms with Crippen molar-refractivity contribution in [3.8, 4) is 11.5 Å². The number of nitrogens with two attached hydrogens (primary N) is 1. The summed E-state index contributed by atoms with van der Waals surface area (Å²) in [6.45, 7) is 6.48. The van der Waals surface area contributed by atoms with Gasteiger partial charge in [0.1, 0.15) is 11.5 Å². The first-order chi connectivity index (χ1) is 14.5. The topological polar surface area (TPSA) is 87.8 Å². The molecule has 0 spiro atoms. The number of ether oxygens (including phenoxy) is 3. The zero-order chi connectivity index (χ0) is 21.8. The van der Waals surface area contributed by atoms with E-state index in [-0.39, 0.29) is 5.97 Å². The van der Waals surface area contributed by atoms with E-state index >= 15 is 0 Å². The minimum atomic E-state index is -0.435. The van der Waals surface area contributed by atoms with Gasteiger partial charge in [-0.25, -0.2) is 9.59 Å². The first kappa shape index (κ1) is 23.2. The Kier molecular flexibility index (Phi) is 9.61. The molecule has 160 valence electrons. The Morgan fingerprint density at radius 1 is 0.933 bits per heavy atom. The molecule has 2 N–H and O–H groups in total. The Balaban J connectivity index is 1.66. The fourth-order valence-corrected chi connectivity index (χ4v) is 2.65. The standard InChI is InChI=1S/C24H29NO5/c1-18(2)23(26)29-16-8-4-3-7-15-28-21-13-11-19(12-14-21)24(27)30-22-10-6-5-9-20(22)17-25/h5-6,9-14H,1,3-4,7-8,15-17,25H2,2H3. The summed E-state index contributed by atoms with van der Waals surface area (Å²) < 4.78 is 16.2. The molecule has 0 saturated carbocycles. The Labute approximate surface area is 177 Å². The molecule has 0 unspecified atom stereocenters. The lowest BCUT2D eigenvalue weighted by molar-refractivity contribution is -0.139. The van der Waals surface area contributed by atoms with Crippen molar-refractivity contribution in [1.82, 2.24) is 0 Å². The number of carbonyl (C=O) groups excluding carboxylic acids is 2. The summed E-state index contributed by atoms with van der Waals surface area (Å²) in [5.74, 6) is 0.396. The van der Waals surface area contributed by atoms with Gasteiger partial charge in [0.25, 0.3) is 0 Å². The van der Waals surface area contributed by atoms with Gasteiger partial charge < -0.3 is 19.9 Å². The normalized spacial score (nSPS) is 10.3. The zero-order valence-corrected chi connectivity index (χ0v) is 17.4. The number of benzene rings is 2. The second kappa shape index (κ2) is 12.4. The van der Waals surface area contributed by atoms with Gasteiger partial charge in [0.2, 0.25) is 0 Å². The fraction of sp³-hybridized carbons (Fsp3) is 0.333. The van der Waals surface area contributed by atoms with Crippen molar-refractivity contribution in [3.05, 3.63) is 71.8 Å². The molecule has 6 heteroatoms. The van der Waals surface area contributed by atoms with E-state index in [1.54, 1.807) is 43.3 Å². The average molecular weight is 411 g/mol. The van der Waals surface area contributed by atoms with E-state index in [1.165, 1.54) is 0 Å². The second-order valence-electron chi connectivity index (χ2n) is 6.90. The molecule has 2 rings (SSSR count). The average Bonchev–Trinajstić information content (AvgIpc) is 2.76. The summed E-state index contributed by atoms with van der Waals surface area (Å²) in [6, 6.07) is 14.1. The summed E-state index contributed by atoms with van der Waals surface area (Å²) >= 11 is 0. The summed E-state index contributed by atoms with van der Waals surface area (Å²) in [7, 11) is 0. The number of rotatable bonds is 12. The van der Waals surface area contributed by atoms with Crippen LogP contribution in [0.3, 0.4) is 0 Å². The Morgan fingerprint density at radius 3 is 2.27 bits per heavy atom. The van der Waals surface area contributed by atoms with Crippen LogP contribution in [0.25, 0.3) is 0 Å². The van der Waals surface area contributed by atoms with Gasteiger partial charge in [-0.15, -0.1) is 0 Å². The minimum Gasteiger partial charge on any atom is -0.494 e. The van der Waals surface area contributed by atoms with Crippen molar-refractivity contribution in [3.63, 3.8) is 0 Å². The van der Waals surface area contributed by atoms with Gasteiger partial charge in [-0.1, -0.05) is 24.8 Å². The van der Waals surface area contributed by atoms with Crippen LogP contribution in [0.2, 0.25) is 0 Å². The highest BCUT2D eigenvalue weighted by Gasteiger charge is 2.11. The van der Waals surface area contributed by atoms with Gasteiger partial charge in [-0.2, -0.15) is 0 Å². The van der Waals surface area contributed by atoms with E-state index in [0.717, 1.165) is 31.2 Å². The number of carbonyl (C=O) groups is 2. The molecule has 0 fully saturated rings. The third-order valence-corrected chi connectivity index (χ3v) is 4.37. The lowest BCUT2D eigenvalue weighted by atomic mass is 10.2. The van der Waals surface area contributed by atoms with E-state index in [4.69, 9.17) is 19.9 Å². The molecule has 30 heavy (non-hydrogen) atoms. The highest BCUT2D eigenvalue weighted by Crippen LogP contribution is 2.20. The largest absolute Gasteiger partial charge is 0.494 e. The molecule has 0 heterocycles. The zero-order valence-electron chi connectivity index (χ0n) is 17.4. The maximum absolute atomic E-state index is 12.3. The van der Waals surface area contributed by atoms with E-state index in [0.29, 0.717) is 42.4 Å². The van der Waals surface area contributed by atoms with Gasteiger partial charge in [0.15, 0.2) is 0 Å². The molecule has 0 aliphatic carbocycles. The lowest BCUT2D eigenvalue weighted by Gasteiger charge is -2.09. The predicted molar refractivity (Wildman–Crippen MR) is 115 cm³/mol. The van der Waals surface area contributed by atoms with E-state index in [9.17, 15) is 9.59 Å². The van der Waals surface area contributed by atoms with Crippen LogP contribution in [-0.4, -0.2) is 25.2 Å². The molecule has 0 amide bonds. The first-order valence-corrected chi connectivity index (χ1v) is 10.1. The molecule has 2 aromatic carbocycles. The van der Waals surface area contributed by atoms with E-state index < -0.39 is 5.97 Å². The van der Waals surface area contributed by atoms with Crippen LogP contribution in [0.15, 0.2) is 60.7 Å². The van der Waals surface area contributed by atoms with Gasteiger partial charge >= 0.3 is 11.9 Å². The summed E-state index contributed by atoms with van der Waals surface area (Å²) in [5.41, 5.74) is 7.31. The molecule has 2 aromatic rings. The van der Waals surface area contributed by atoms with Gasteiger partial charge in [-0.05, 0) is 62.9 Å². The number of esters is 2. The van der Waals surface area contributed by atoms with Crippen molar-refractivity contribution in [1.29, 1.82) is 0 Å². The van der Waals surface area contributed by atoms with Crippen LogP contribution >= 0.6 is 0 Å². The van der Waals surface area contributed by atoms with Gasteiger partial charge in [-0.3, -0.25) is 0 Å². The van der Waals surface area contributed by atoms with Crippen molar-refractivity contribution in [2.24, 2.45) is 5.73 Å². The highest BCUT2D eigenvalue weighted by molar-refractivity contribution is 5.91. The molecular weight excluding hydrogens is 382 g/mol. The molecule has 0 aliphatic rings. The maximum Gasteiger partial charge on any atom is 0.343 e. The van der Waals surface area contributed by atoms with Crippen LogP contribution in [-0.2, 0) is 16.1 Å². The second-order valence-corrected chi connectivity index (χ2v) is 6.90. The molecule has 0 saturated heterocycles. The lowest BCUT2D eigenvalue weighted by Crippen LogP contribution is -2.11. The van der Waals surface area contributed by atoms with Gasteiger partial charge in [0.05, 0.1) is 18.8 Å². The van der Waals surface area contributed by atoms with E-state index in [1.807, 2.05) is 12.1 Å². The van der Waals surface area contributed by atoms with Crippen LogP contribution in [0, 0.1) is 0 Å². The number of hydrogen-bond donors (Lipinski definition) is 1. The molecule has 0 aromatic heterocycles. The van der Waals surface area contributed by atoms with Crippen molar-refractivity contribution >= 4 is 11.9 Å². The first-order valence-electron chi connectivity index (χ1n) is 10.1. The van der Waals surface area contributed by atoms with Crippen molar-refractivity contribution < 1.29 is 23.8 Å². The Bertz CT molecular complexity index is 845. The Morgan fingerprint density at radius 2 is 1.60 bits per heavy atom. The Hall–Kier alpha value is -3.12. The number of hydrogen-bond acceptors (Lipinski definition) is 6. The van der Waals surface area contributed by atoms with Crippen LogP contribution in [0.1, 0.15) is 48.5 Å². The molecular formula is C24H29NO5. The predicted octanol–water partition coefficient (Wildman–Crippen LogP) is 4.42. The maximum atomic E-state index is 12.3. The van der Waals surface area contributed by atoms with Crippen LogP contribution < -0.4 is 15.2 Å². The number of unbranched alkanes of at least 4 members (excludes halogenated alkanes) is 3. The summed E-state index contributed by atoms with van der Waals surface area (Å²) in [6.07, 6.45) is 3.66. The van der Waals surface area contributed by atoms with E-state index in [2.05, 4.69) is 6.58 Å². The fourth-order valence-electron chi connectivity index (χ4n) is 2.65. The monoisotopic (exact) mass is 411 g/mol. The molecule has 0 bridgehead atoms. The SMILES string of the molecule is C=C(C)C(=O)OCCCCCCOc1ccc(C(=O)Oc2ccccc2CN)cc1. The third-order valence-electron chi connectivity index (χ3n) is 4.37.